The number of carbonyl (C=O) groups excluding carboxylic acids is 1. The van der Waals surface area contributed by atoms with Crippen molar-refractivity contribution < 1.29 is 91.2 Å². The molecule has 0 aromatic heterocycles. The van der Waals surface area contributed by atoms with Crippen LogP contribution in [-0.4, -0.2) is 252 Å². The molecule has 0 heterocycles. The molecular weight excluding hydrogens is 1200 g/mol. The fourth-order valence-electron chi connectivity index (χ4n) is 6.73. The molecule has 93 heavy (non-hydrogen) atoms. The van der Waals surface area contributed by atoms with Gasteiger partial charge in [0.05, 0.1) is 119 Å². The number of hydrogen-bond acceptors (Lipinski definition) is 22. The Morgan fingerprint density at radius 2 is 0.817 bits per heavy atom. The van der Waals surface area contributed by atoms with Gasteiger partial charge in [-0.25, -0.2) is 0 Å². The first-order chi connectivity index (χ1) is 43.9. The van der Waals surface area contributed by atoms with Gasteiger partial charge in [-0.15, -0.1) is 13.2 Å². The van der Waals surface area contributed by atoms with Crippen LogP contribution in [-0.2, 0) is 16.1 Å². The van der Waals surface area contributed by atoms with E-state index in [4.69, 9.17) is 82.0 Å². The van der Waals surface area contributed by atoms with Crippen LogP contribution in [0.5, 0.6) is 0 Å². The molecule has 0 aliphatic heterocycles. The first kappa shape index (κ1) is 103. The fourth-order valence-corrected chi connectivity index (χ4v) is 6.73. The minimum atomic E-state index is -0.620. The maximum Gasteiger partial charge on any atom is 0.246 e. The summed E-state index contributed by atoms with van der Waals surface area (Å²) in [7, 11) is 0. The Morgan fingerprint density at radius 1 is 0.484 bits per heavy atom. The Labute approximate surface area is 563 Å². The van der Waals surface area contributed by atoms with E-state index in [1.807, 2.05) is 73.6 Å². The lowest BCUT2D eigenvalue weighted by Crippen LogP contribution is -2.42. The maximum absolute atomic E-state index is 11.2. The second-order valence-corrected chi connectivity index (χ2v) is 25.5. The van der Waals surface area contributed by atoms with Crippen molar-refractivity contribution in [2.24, 2.45) is 49.1 Å². The van der Waals surface area contributed by atoms with Crippen molar-refractivity contribution in [3.63, 3.8) is 0 Å². The first-order valence-corrected chi connectivity index (χ1v) is 32.9. The molecule has 1 amide bonds. The van der Waals surface area contributed by atoms with Gasteiger partial charge >= 0.3 is 0 Å². The Bertz CT molecular complexity index is 1720. The lowest BCUT2D eigenvalue weighted by atomic mass is 9.84. The highest BCUT2D eigenvalue weighted by Crippen LogP contribution is 2.25. The number of aliphatic hydroxyl groups excluding tert-OH is 16. The highest BCUT2D eigenvalue weighted by atomic mass is 16.5. The average Bonchev–Trinajstić information content (AvgIpc) is 2.20. The zero-order chi connectivity index (χ0) is 73.7. The highest BCUT2D eigenvalue weighted by Gasteiger charge is 2.30. The first-order valence-electron chi connectivity index (χ1n) is 32.9. The number of rotatable bonds is 44. The van der Waals surface area contributed by atoms with Crippen molar-refractivity contribution >= 4 is 12.0 Å². The summed E-state index contributed by atoms with van der Waals surface area (Å²) in [5.41, 5.74) is 4.82. The molecule has 23 nitrogen and oxygen atoms in total. The topological polar surface area (TPSA) is 424 Å². The molecule has 0 radical (unpaired) electrons. The van der Waals surface area contributed by atoms with Gasteiger partial charge in [0.2, 0.25) is 5.91 Å². The van der Waals surface area contributed by atoms with Crippen LogP contribution >= 0.6 is 0 Å². The summed E-state index contributed by atoms with van der Waals surface area (Å²) in [6.45, 7) is 43.9. The van der Waals surface area contributed by atoms with Gasteiger partial charge in [0, 0.05) is 101 Å². The molecule has 0 saturated carbocycles. The molecule has 22 N–H and O–H groups in total. The van der Waals surface area contributed by atoms with Crippen LogP contribution in [0, 0.1) is 43.3 Å². The number of amides is 1. The van der Waals surface area contributed by atoms with Crippen molar-refractivity contribution in [1.82, 2.24) is 21.3 Å². The number of carbonyl (C=O) groups is 1. The molecule has 0 aliphatic rings. The summed E-state index contributed by atoms with van der Waals surface area (Å²) in [5.74, 6) is -0.246. The van der Waals surface area contributed by atoms with Crippen molar-refractivity contribution in [2.45, 2.75) is 154 Å². The van der Waals surface area contributed by atoms with E-state index in [2.05, 4.69) is 73.6 Å². The molecule has 0 aliphatic carbocycles. The molecule has 0 fully saturated rings. The Hall–Kier alpha value is -3.19. The lowest BCUT2D eigenvalue weighted by molar-refractivity contribution is -0.118. The summed E-state index contributed by atoms with van der Waals surface area (Å²) >= 11 is 0. The van der Waals surface area contributed by atoms with Crippen LogP contribution in [0.4, 0.5) is 0 Å². The molecule has 23 heteroatoms. The SMILES string of the molecule is C=C(C)C(=O)NCC(CC)(CO)CO.C=CCNCC(CC)(CO)CO.C=CCOCC(CC)(CO)CO.C=Cc1ccc(CNCC(CC)(CO)CO)cc1.CC(C)(CO)CO.CCC(CC)(CO)CO.CCC(CN)(CO)CO.CCC(CO)(CO)CNC(C)C. The zero-order valence-corrected chi connectivity index (χ0v) is 60.3. The van der Waals surface area contributed by atoms with E-state index in [-0.39, 0.29) is 140 Å². The van der Waals surface area contributed by atoms with Crippen LogP contribution in [0.1, 0.15) is 153 Å². The molecule has 1 aromatic rings. The molecule has 556 valence electrons. The second kappa shape index (κ2) is 62.3. The quantitative estimate of drug-likeness (QED) is 0.0254. The predicted octanol–water partition coefficient (Wildman–Crippen LogP) is 3.04. The zero-order valence-electron chi connectivity index (χ0n) is 60.3. The van der Waals surface area contributed by atoms with Gasteiger partial charge in [-0.2, -0.15) is 0 Å². The van der Waals surface area contributed by atoms with Crippen molar-refractivity contribution in [2.75, 3.05) is 158 Å². The number of aliphatic hydroxyl groups is 16. The number of ether oxygens (including phenoxy) is 1. The summed E-state index contributed by atoms with van der Waals surface area (Å²) in [6, 6.07) is 8.55. The van der Waals surface area contributed by atoms with E-state index in [0.29, 0.717) is 70.4 Å². The largest absolute Gasteiger partial charge is 0.396 e. The summed E-state index contributed by atoms with van der Waals surface area (Å²) in [6.07, 6.45) is 11.3. The number of hydrogen-bond donors (Lipinski definition) is 21. The predicted molar refractivity (Wildman–Crippen MR) is 379 cm³/mol. The van der Waals surface area contributed by atoms with E-state index in [0.717, 1.165) is 50.6 Å². The molecule has 0 bridgehead atoms. The van der Waals surface area contributed by atoms with Crippen LogP contribution in [0.25, 0.3) is 6.08 Å². The molecule has 0 saturated heterocycles. The molecule has 1 rings (SSSR count). The summed E-state index contributed by atoms with van der Waals surface area (Å²) in [4.78, 5) is 11.2. The second-order valence-electron chi connectivity index (χ2n) is 25.5. The van der Waals surface area contributed by atoms with Gasteiger partial charge in [-0.05, 0) is 69.4 Å². The average molecular weight is 1340 g/mol. The fraction of sp³-hybridized carbons (Fsp3) is 0.786. The molecule has 0 unspecified atom stereocenters. The molecule has 0 spiro atoms. The Morgan fingerprint density at radius 3 is 1.05 bits per heavy atom. The van der Waals surface area contributed by atoms with Crippen molar-refractivity contribution in [3.8, 4) is 0 Å². The maximum atomic E-state index is 11.2. The van der Waals surface area contributed by atoms with Gasteiger partial charge in [-0.1, -0.05) is 139 Å². The van der Waals surface area contributed by atoms with Crippen LogP contribution < -0.4 is 27.0 Å². The minimum absolute atomic E-state index is 0.00238. The van der Waals surface area contributed by atoms with Gasteiger partial charge < -0.3 is 113 Å². The van der Waals surface area contributed by atoms with Gasteiger partial charge in [-0.3, -0.25) is 4.79 Å². The number of nitrogens with one attached hydrogen (secondary N) is 4. The van der Waals surface area contributed by atoms with Crippen molar-refractivity contribution in [1.29, 1.82) is 0 Å². The Kier molecular flexibility index (Phi) is 69.2. The monoisotopic (exact) mass is 1340 g/mol. The standard InChI is InChI=1S/C15H23NO2.C10H19NO3.C9H21NO2.C9H19NO2.C9H18O3.C7H16O2.C6H15NO2.C5H12O2/c1-3-13-5-7-14(8-6-13)9-16-10-15(4-2,11-17)12-18;1-4-10(6-12,7-13)5-11-9(14)8(2)3;1-4-9(6-11,7-12)5-10-8(2)3;1-3-5-10-6-9(4-2,7-11)8-12;1-3-5-12-8-9(4-2,6-10)7-11;1-3-7(4-2,5-8)6-9;1-2-6(3-7,4-8)5-9;1-5(2,3-6)4-7/h3,5-8,16-18H,1,4,9-12H2,2H3;12-13H,2,4-7H2,1,3H3,(H,11,14);8,10-12H,4-7H2,1-3H3;3,10-12H,1,4-8H2,2H3;3,10-11H,1,4-8H2,2H3;8-9H,3-6H2,1-2H3;8-9H,2-5,7H2,1H3;6-7H,3-4H2,1-2H3. The number of nitrogens with two attached hydrogens (primary N) is 1. The van der Waals surface area contributed by atoms with Crippen LogP contribution in [0.3, 0.4) is 0 Å². The third-order valence-corrected chi connectivity index (χ3v) is 17.4. The smallest absolute Gasteiger partial charge is 0.246 e. The van der Waals surface area contributed by atoms with Crippen LogP contribution in [0.2, 0.25) is 0 Å². The van der Waals surface area contributed by atoms with Gasteiger partial charge in [0.1, 0.15) is 0 Å². The van der Waals surface area contributed by atoms with E-state index in [1.165, 1.54) is 5.56 Å². The molecule has 1 aromatic carbocycles. The molecule has 0 atom stereocenters. The Balaban J connectivity index is -0.000000184. The van der Waals surface area contributed by atoms with Gasteiger partial charge in [0.25, 0.3) is 0 Å². The molecular formula is C70H143N5O18. The number of benzene rings is 1. The minimum Gasteiger partial charge on any atom is -0.396 e. The van der Waals surface area contributed by atoms with Gasteiger partial charge in [0.15, 0.2) is 0 Å². The summed E-state index contributed by atoms with van der Waals surface area (Å²) < 4.78 is 5.18. The van der Waals surface area contributed by atoms with E-state index < -0.39 is 21.7 Å². The van der Waals surface area contributed by atoms with Crippen molar-refractivity contribution in [3.05, 3.63) is 79.4 Å². The third-order valence-electron chi connectivity index (χ3n) is 17.4. The normalized spacial score (nSPS) is 11.7. The highest BCUT2D eigenvalue weighted by molar-refractivity contribution is 5.92. The van der Waals surface area contributed by atoms with Crippen LogP contribution in [0.15, 0.2) is 68.3 Å². The lowest BCUT2D eigenvalue weighted by Gasteiger charge is -2.29. The van der Waals surface area contributed by atoms with E-state index in [1.54, 1.807) is 32.9 Å². The van der Waals surface area contributed by atoms with E-state index in [9.17, 15) is 15.0 Å². The van der Waals surface area contributed by atoms with E-state index >= 15 is 0 Å². The summed E-state index contributed by atoms with van der Waals surface area (Å²) in [5, 5.41) is 155. The third kappa shape index (κ3) is 47.4.